The van der Waals surface area contributed by atoms with Gasteiger partial charge in [0.25, 0.3) is 11.5 Å². The van der Waals surface area contributed by atoms with Gasteiger partial charge in [0.1, 0.15) is 22.7 Å². The Kier molecular flexibility index (Phi) is 5.59. The molecule has 0 fully saturated rings. The highest BCUT2D eigenvalue weighted by atomic mass is 16.5. The van der Waals surface area contributed by atoms with E-state index in [0.717, 1.165) is 16.9 Å². The van der Waals surface area contributed by atoms with Crippen molar-refractivity contribution in [3.63, 3.8) is 0 Å². The number of hydrogen-bond acceptors (Lipinski definition) is 4. The normalized spacial score (nSPS) is 11.1. The highest BCUT2D eigenvalue weighted by Crippen LogP contribution is 2.22. The second kappa shape index (κ2) is 8.86. The molecule has 1 N–H and O–H groups in total. The summed E-state index contributed by atoms with van der Waals surface area (Å²) in [6.45, 7) is 4.81. The fourth-order valence-electron chi connectivity index (χ4n) is 4.07. The number of nitrogens with zero attached hydrogens (tertiary/aromatic N) is 3. The van der Waals surface area contributed by atoms with Crippen molar-refractivity contribution in [2.75, 3.05) is 11.9 Å². The summed E-state index contributed by atoms with van der Waals surface area (Å²) in [4.78, 5) is 31.5. The first-order chi connectivity index (χ1) is 16.5. The summed E-state index contributed by atoms with van der Waals surface area (Å²) < 4.78 is 8.81. The number of amides is 1. The summed E-state index contributed by atoms with van der Waals surface area (Å²) in [5.74, 6) is 0.418. The molecule has 0 aliphatic heterocycles. The summed E-state index contributed by atoms with van der Waals surface area (Å²) in [5, 5.41) is 3.33. The molecule has 7 nitrogen and oxygen atoms in total. The van der Waals surface area contributed by atoms with Gasteiger partial charge < -0.3 is 14.6 Å². The third-order valence-electron chi connectivity index (χ3n) is 5.73. The van der Waals surface area contributed by atoms with Crippen LogP contribution in [0.3, 0.4) is 0 Å². The molecule has 0 aliphatic rings. The molecule has 5 rings (SSSR count). The number of benzene rings is 2. The molecule has 2 aromatic carbocycles. The van der Waals surface area contributed by atoms with Crippen LogP contribution in [-0.2, 0) is 6.54 Å². The predicted molar refractivity (Wildman–Crippen MR) is 133 cm³/mol. The van der Waals surface area contributed by atoms with Crippen LogP contribution < -0.4 is 15.6 Å². The molecule has 5 aromatic rings. The van der Waals surface area contributed by atoms with Crippen molar-refractivity contribution in [2.24, 2.45) is 0 Å². The molecule has 0 aliphatic carbocycles. The fourth-order valence-corrected chi connectivity index (χ4v) is 4.07. The maximum Gasteiger partial charge on any atom is 0.272 e. The third-order valence-corrected chi connectivity index (χ3v) is 5.73. The van der Waals surface area contributed by atoms with Gasteiger partial charge in [-0.05, 0) is 61.4 Å². The topological polar surface area (TPSA) is 77.6 Å². The molecule has 34 heavy (non-hydrogen) atoms. The Morgan fingerprint density at radius 2 is 1.76 bits per heavy atom. The van der Waals surface area contributed by atoms with Crippen LogP contribution in [0.5, 0.6) is 5.75 Å². The minimum atomic E-state index is -0.316. The molecule has 0 atom stereocenters. The van der Waals surface area contributed by atoms with Crippen molar-refractivity contribution in [1.29, 1.82) is 0 Å². The molecule has 3 heterocycles. The van der Waals surface area contributed by atoms with Crippen LogP contribution in [0, 0.1) is 6.92 Å². The molecular weight excluding hydrogens is 428 g/mol. The summed E-state index contributed by atoms with van der Waals surface area (Å²) in [6.07, 6.45) is 1.70. The minimum absolute atomic E-state index is 0.203. The van der Waals surface area contributed by atoms with E-state index in [1.807, 2.05) is 73.0 Å². The Hall–Kier alpha value is -4.39. The van der Waals surface area contributed by atoms with Gasteiger partial charge in [0.05, 0.1) is 12.0 Å². The van der Waals surface area contributed by atoms with Crippen LogP contribution in [0.1, 0.15) is 28.5 Å². The smallest absolute Gasteiger partial charge is 0.272 e. The number of pyridine rings is 1. The quantitative estimate of drug-likeness (QED) is 0.407. The maximum atomic E-state index is 13.4. The zero-order chi connectivity index (χ0) is 23.7. The standard InChI is InChI=1S/C27H24N4O3/c1-3-34-21-13-11-20(12-14-21)28-26(32)23-16-22-25(31(23)17-19-9-5-4-6-10-19)29-24-18(2)8-7-15-30(24)27(22)33/h4-16H,3,17H2,1-2H3,(H,28,32). The van der Waals surface area contributed by atoms with E-state index in [4.69, 9.17) is 9.72 Å². The minimum Gasteiger partial charge on any atom is -0.494 e. The number of ether oxygens (including phenoxy) is 1. The molecule has 7 heteroatoms. The number of fused-ring (bicyclic) bond motifs is 2. The van der Waals surface area contributed by atoms with Crippen molar-refractivity contribution in [2.45, 2.75) is 20.4 Å². The molecule has 3 aromatic heterocycles. The van der Waals surface area contributed by atoms with Gasteiger partial charge in [0.2, 0.25) is 0 Å². The van der Waals surface area contributed by atoms with E-state index in [-0.39, 0.29) is 11.5 Å². The molecular formula is C27H24N4O3. The molecule has 0 unspecified atom stereocenters. The summed E-state index contributed by atoms with van der Waals surface area (Å²) in [6, 6.07) is 22.4. The van der Waals surface area contributed by atoms with Crippen LogP contribution in [0.15, 0.2) is 83.8 Å². The Morgan fingerprint density at radius 3 is 2.50 bits per heavy atom. The lowest BCUT2D eigenvalue weighted by Gasteiger charge is -2.12. The Bertz CT molecular complexity index is 1550. The first-order valence-corrected chi connectivity index (χ1v) is 11.1. The summed E-state index contributed by atoms with van der Waals surface area (Å²) in [7, 11) is 0. The zero-order valence-corrected chi connectivity index (χ0v) is 19.0. The molecule has 0 saturated carbocycles. The monoisotopic (exact) mass is 452 g/mol. The van der Waals surface area contributed by atoms with Crippen molar-refractivity contribution in [1.82, 2.24) is 14.0 Å². The van der Waals surface area contributed by atoms with Crippen molar-refractivity contribution in [3.8, 4) is 5.75 Å². The average Bonchev–Trinajstić information content (AvgIpc) is 3.21. The highest BCUT2D eigenvalue weighted by Gasteiger charge is 2.20. The SMILES string of the molecule is CCOc1ccc(NC(=O)c2cc3c(=O)n4cccc(C)c4nc3n2Cc2ccccc2)cc1. The van der Waals surface area contributed by atoms with E-state index >= 15 is 0 Å². The summed E-state index contributed by atoms with van der Waals surface area (Å²) in [5.41, 5.74) is 3.74. The second-order valence-electron chi connectivity index (χ2n) is 8.05. The maximum absolute atomic E-state index is 13.4. The van der Waals surface area contributed by atoms with Crippen molar-refractivity contribution >= 4 is 28.3 Å². The molecule has 170 valence electrons. The van der Waals surface area contributed by atoms with Gasteiger partial charge in [0, 0.05) is 18.4 Å². The zero-order valence-electron chi connectivity index (χ0n) is 19.0. The van der Waals surface area contributed by atoms with E-state index in [0.29, 0.717) is 41.2 Å². The van der Waals surface area contributed by atoms with Crippen LogP contribution >= 0.6 is 0 Å². The largest absolute Gasteiger partial charge is 0.494 e. The van der Waals surface area contributed by atoms with Crippen LogP contribution in [0.4, 0.5) is 5.69 Å². The number of aromatic nitrogens is 3. The van der Waals surface area contributed by atoms with E-state index in [1.165, 1.54) is 4.40 Å². The average molecular weight is 453 g/mol. The van der Waals surface area contributed by atoms with E-state index < -0.39 is 0 Å². The lowest BCUT2D eigenvalue weighted by atomic mass is 10.2. The number of carbonyl (C=O) groups is 1. The molecule has 0 spiro atoms. The van der Waals surface area contributed by atoms with Crippen molar-refractivity contribution < 1.29 is 9.53 Å². The van der Waals surface area contributed by atoms with Gasteiger partial charge >= 0.3 is 0 Å². The van der Waals surface area contributed by atoms with Crippen molar-refractivity contribution in [3.05, 3.63) is 106 Å². The van der Waals surface area contributed by atoms with Crippen LogP contribution in [0.2, 0.25) is 0 Å². The molecule has 1 amide bonds. The summed E-state index contributed by atoms with van der Waals surface area (Å²) >= 11 is 0. The Labute approximate surface area is 196 Å². The number of rotatable bonds is 6. The number of carbonyl (C=O) groups excluding carboxylic acids is 1. The van der Waals surface area contributed by atoms with Gasteiger partial charge in [-0.2, -0.15) is 0 Å². The van der Waals surface area contributed by atoms with Gasteiger partial charge in [-0.3, -0.25) is 14.0 Å². The number of anilines is 1. The highest BCUT2D eigenvalue weighted by molar-refractivity contribution is 6.06. The van der Waals surface area contributed by atoms with E-state index in [9.17, 15) is 9.59 Å². The second-order valence-corrected chi connectivity index (χ2v) is 8.05. The Balaban J connectivity index is 1.63. The Morgan fingerprint density at radius 1 is 1.00 bits per heavy atom. The lowest BCUT2D eigenvalue weighted by Crippen LogP contribution is -2.18. The van der Waals surface area contributed by atoms with Gasteiger partial charge in [-0.1, -0.05) is 36.4 Å². The molecule has 0 radical (unpaired) electrons. The third kappa shape index (κ3) is 3.92. The number of nitrogens with one attached hydrogen (secondary N) is 1. The van der Waals surface area contributed by atoms with E-state index in [2.05, 4.69) is 5.32 Å². The number of hydrogen-bond donors (Lipinski definition) is 1. The molecule has 0 bridgehead atoms. The first-order valence-electron chi connectivity index (χ1n) is 11.1. The lowest BCUT2D eigenvalue weighted by molar-refractivity contribution is 0.101. The fraction of sp³-hybridized carbons (Fsp3) is 0.148. The van der Waals surface area contributed by atoms with Crippen LogP contribution in [-0.4, -0.2) is 26.5 Å². The van der Waals surface area contributed by atoms with Crippen LogP contribution in [0.25, 0.3) is 16.7 Å². The van der Waals surface area contributed by atoms with Gasteiger partial charge in [-0.25, -0.2) is 4.98 Å². The first kappa shape index (κ1) is 21.5. The predicted octanol–water partition coefficient (Wildman–Crippen LogP) is 4.66. The van der Waals surface area contributed by atoms with E-state index in [1.54, 1.807) is 24.4 Å². The van der Waals surface area contributed by atoms with Gasteiger partial charge in [0.15, 0.2) is 0 Å². The molecule has 0 saturated heterocycles. The number of aryl methyl sites for hydroxylation is 1. The van der Waals surface area contributed by atoms with Gasteiger partial charge in [-0.15, -0.1) is 0 Å².